The van der Waals surface area contributed by atoms with Gasteiger partial charge in [-0.25, -0.2) is 4.79 Å². The standard InChI is InChI=1S/C22H21N5O4/c28-21(24-15-14-23-19-8-4-5-9-20(19)27(30)31)16-10-12-18(13-11-16)26-22(29)25-17-6-2-1-3-7-17/h1-13,23H,14-15H2,(H,24,28)(H2,25,26,29). The zero-order chi connectivity index (χ0) is 22.1. The summed E-state index contributed by atoms with van der Waals surface area (Å²) >= 11 is 0. The number of anilines is 3. The number of urea groups is 1. The molecular weight excluding hydrogens is 398 g/mol. The van der Waals surface area contributed by atoms with Crippen LogP contribution in [0.1, 0.15) is 10.4 Å². The molecule has 9 nitrogen and oxygen atoms in total. The highest BCUT2D eigenvalue weighted by molar-refractivity contribution is 6.00. The number of hydrogen-bond donors (Lipinski definition) is 4. The Bertz CT molecular complexity index is 1060. The van der Waals surface area contributed by atoms with Crippen LogP contribution in [0.25, 0.3) is 0 Å². The second-order valence-corrected chi connectivity index (χ2v) is 6.48. The van der Waals surface area contributed by atoms with Crippen LogP contribution in [-0.2, 0) is 0 Å². The lowest BCUT2D eigenvalue weighted by atomic mass is 10.2. The first-order valence-corrected chi connectivity index (χ1v) is 9.51. The molecule has 0 aliphatic rings. The third kappa shape index (κ3) is 6.29. The molecule has 0 radical (unpaired) electrons. The molecule has 3 aromatic rings. The third-order valence-electron chi connectivity index (χ3n) is 4.26. The summed E-state index contributed by atoms with van der Waals surface area (Å²) in [6, 6.07) is 21.4. The molecule has 0 atom stereocenters. The van der Waals surface area contributed by atoms with E-state index < -0.39 is 4.92 Å². The molecule has 0 spiro atoms. The fraction of sp³-hybridized carbons (Fsp3) is 0.0909. The van der Waals surface area contributed by atoms with Gasteiger partial charge in [0, 0.05) is 36.1 Å². The van der Waals surface area contributed by atoms with Crippen molar-refractivity contribution >= 4 is 34.7 Å². The van der Waals surface area contributed by atoms with Gasteiger partial charge < -0.3 is 21.3 Å². The van der Waals surface area contributed by atoms with Crippen LogP contribution in [0.2, 0.25) is 0 Å². The quantitative estimate of drug-likeness (QED) is 0.249. The summed E-state index contributed by atoms with van der Waals surface area (Å²) in [5.41, 5.74) is 2.02. The molecule has 158 valence electrons. The first-order valence-electron chi connectivity index (χ1n) is 9.51. The number of nitro groups is 1. The third-order valence-corrected chi connectivity index (χ3v) is 4.26. The topological polar surface area (TPSA) is 125 Å². The van der Waals surface area contributed by atoms with Crippen LogP contribution >= 0.6 is 0 Å². The normalized spacial score (nSPS) is 10.1. The Morgan fingerprint density at radius 3 is 2.06 bits per heavy atom. The van der Waals surface area contributed by atoms with Crippen molar-refractivity contribution in [3.8, 4) is 0 Å². The molecule has 3 aromatic carbocycles. The number of benzene rings is 3. The Kier molecular flexibility index (Phi) is 7.15. The molecule has 0 saturated carbocycles. The Hall–Kier alpha value is -4.40. The molecule has 0 bridgehead atoms. The monoisotopic (exact) mass is 419 g/mol. The van der Waals surface area contributed by atoms with Crippen molar-refractivity contribution in [2.75, 3.05) is 29.0 Å². The summed E-state index contributed by atoms with van der Waals surface area (Å²) in [5.74, 6) is -0.287. The summed E-state index contributed by atoms with van der Waals surface area (Å²) in [6.07, 6.45) is 0. The van der Waals surface area contributed by atoms with E-state index in [1.807, 2.05) is 18.2 Å². The van der Waals surface area contributed by atoms with Gasteiger partial charge in [0.25, 0.3) is 11.6 Å². The predicted octanol–water partition coefficient (Wildman–Crippen LogP) is 4.08. The van der Waals surface area contributed by atoms with Gasteiger partial charge >= 0.3 is 6.03 Å². The van der Waals surface area contributed by atoms with Crippen molar-refractivity contribution < 1.29 is 14.5 Å². The average Bonchev–Trinajstić information content (AvgIpc) is 2.78. The lowest BCUT2D eigenvalue weighted by molar-refractivity contribution is -0.384. The molecule has 31 heavy (non-hydrogen) atoms. The van der Waals surface area contributed by atoms with Crippen LogP contribution in [0, 0.1) is 10.1 Å². The molecular formula is C22H21N5O4. The Balaban J connectivity index is 1.45. The van der Waals surface area contributed by atoms with Gasteiger partial charge in [0.2, 0.25) is 0 Å². The molecule has 0 saturated heterocycles. The predicted molar refractivity (Wildman–Crippen MR) is 119 cm³/mol. The number of amides is 3. The van der Waals surface area contributed by atoms with E-state index in [9.17, 15) is 19.7 Å². The number of carbonyl (C=O) groups is 2. The first kappa shape index (κ1) is 21.3. The summed E-state index contributed by atoms with van der Waals surface area (Å²) < 4.78 is 0. The molecule has 3 rings (SSSR count). The van der Waals surface area contributed by atoms with E-state index in [1.54, 1.807) is 54.6 Å². The first-order chi connectivity index (χ1) is 15.0. The van der Waals surface area contributed by atoms with Gasteiger partial charge in [-0.2, -0.15) is 0 Å². The van der Waals surface area contributed by atoms with E-state index in [4.69, 9.17) is 0 Å². The molecule has 0 unspecified atom stereocenters. The largest absolute Gasteiger partial charge is 0.378 e. The Morgan fingerprint density at radius 1 is 0.774 bits per heavy atom. The van der Waals surface area contributed by atoms with Gasteiger partial charge in [-0.1, -0.05) is 30.3 Å². The van der Waals surface area contributed by atoms with Gasteiger partial charge in [0.05, 0.1) is 4.92 Å². The smallest absolute Gasteiger partial charge is 0.323 e. The molecule has 0 aliphatic carbocycles. The van der Waals surface area contributed by atoms with Crippen LogP contribution in [0.5, 0.6) is 0 Å². The van der Waals surface area contributed by atoms with Gasteiger partial charge in [-0.05, 0) is 42.5 Å². The molecule has 4 N–H and O–H groups in total. The van der Waals surface area contributed by atoms with E-state index >= 15 is 0 Å². The number of para-hydroxylation sites is 3. The summed E-state index contributed by atoms with van der Waals surface area (Å²) in [4.78, 5) is 34.8. The van der Waals surface area contributed by atoms with Gasteiger partial charge in [0.1, 0.15) is 5.69 Å². The van der Waals surface area contributed by atoms with Crippen LogP contribution in [0.3, 0.4) is 0 Å². The van der Waals surface area contributed by atoms with E-state index in [2.05, 4.69) is 21.3 Å². The molecule has 0 aromatic heterocycles. The average molecular weight is 419 g/mol. The van der Waals surface area contributed by atoms with E-state index in [1.165, 1.54) is 6.07 Å². The van der Waals surface area contributed by atoms with E-state index in [0.717, 1.165) is 0 Å². The summed E-state index contributed by atoms with van der Waals surface area (Å²) in [7, 11) is 0. The number of rotatable bonds is 8. The van der Waals surface area contributed by atoms with Crippen molar-refractivity contribution in [1.29, 1.82) is 0 Å². The second-order valence-electron chi connectivity index (χ2n) is 6.48. The molecule has 0 aliphatic heterocycles. The Labute approximate surface area is 178 Å². The summed E-state index contributed by atoms with van der Waals surface area (Å²) in [6.45, 7) is 0.611. The lowest BCUT2D eigenvalue weighted by Gasteiger charge is -2.10. The molecule has 9 heteroatoms. The van der Waals surface area contributed by atoms with Crippen molar-refractivity contribution in [2.24, 2.45) is 0 Å². The van der Waals surface area contributed by atoms with Gasteiger partial charge in [0.15, 0.2) is 0 Å². The minimum atomic E-state index is -0.462. The van der Waals surface area contributed by atoms with E-state index in [-0.39, 0.29) is 24.2 Å². The fourth-order valence-electron chi connectivity index (χ4n) is 2.78. The SMILES string of the molecule is O=C(Nc1ccccc1)Nc1ccc(C(=O)NCCNc2ccccc2[N+](=O)[O-])cc1. The van der Waals surface area contributed by atoms with Crippen molar-refractivity contribution in [3.05, 3.63) is 94.5 Å². The maximum absolute atomic E-state index is 12.3. The van der Waals surface area contributed by atoms with Crippen LogP contribution in [0.15, 0.2) is 78.9 Å². The fourth-order valence-corrected chi connectivity index (χ4v) is 2.78. The van der Waals surface area contributed by atoms with Crippen LogP contribution in [-0.4, -0.2) is 30.0 Å². The van der Waals surface area contributed by atoms with Gasteiger partial charge in [-0.15, -0.1) is 0 Å². The second kappa shape index (κ2) is 10.4. The van der Waals surface area contributed by atoms with Gasteiger partial charge in [-0.3, -0.25) is 14.9 Å². The zero-order valence-electron chi connectivity index (χ0n) is 16.5. The molecule has 0 heterocycles. The highest BCUT2D eigenvalue weighted by Crippen LogP contribution is 2.22. The minimum absolute atomic E-state index is 0.0202. The lowest BCUT2D eigenvalue weighted by Crippen LogP contribution is -2.28. The van der Waals surface area contributed by atoms with E-state index in [0.29, 0.717) is 29.2 Å². The molecule has 3 amide bonds. The molecule has 0 fully saturated rings. The number of nitrogens with zero attached hydrogens (tertiary/aromatic N) is 1. The highest BCUT2D eigenvalue weighted by Gasteiger charge is 2.12. The minimum Gasteiger partial charge on any atom is -0.378 e. The van der Waals surface area contributed by atoms with Crippen molar-refractivity contribution in [1.82, 2.24) is 5.32 Å². The summed E-state index contributed by atoms with van der Waals surface area (Å²) in [5, 5.41) is 22.1. The number of carbonyl (C=O) groups excluding carboxylic acids is 2. The highest BCUT2D eigenvalue weighted by atomic mass is 16.6. The number of nitro benzene ring substituents is 1. The number of nitrogens with one attached hydrogen (secondary N) is 4. The number of hydrogen-bond acceptors (Lipinski definition) is 5. The van der Waals surface area contributed by atoms with Crippen LogP contribution < -0.4 is 21.3 Å². The maximum Gasteiger partial charge on any atom is 0.323 e. The Morgan fingerprint density at radius 2 is 1.39 bits per heavy atom. The van der Waals surface area contributed by atoms with Crippen LogP contribution in [0.4, 0.5) is 27.5 Å². The maximum atomic E-state index is 12.3. The zero-order valence-corrected chi connectivity index (χ0v) is 16.5. The van der Waals surface area contributed by atoms with Crippen molar-refractivity contribution in [2.45, 2.75) is 0 Å². The van der Waals surface area contributed by atoms with Crippen molar-refractivity contribution in [3.63, 3.8) is 0 Å².